The summed E-state index contributed by atoms with van der Waals surface area (Å²) in [6, 6.07) is 8.31. The molecule has 0 bridgehead atoms. The first-order valence-corrected chi connectivity index (χ1v) is 9.06. The molecule has 0 spiro atoms. The van der Waals surface area contributed by atoms with Crippen LogP contribution in [0, 0.1) is 0 Å². The number of aromatic hydroxyl groups is 1. The third-order valence-corrected chi connectivity index (χ3v) is 5.27. The number of anilines is 1. The third-order valence-electron chi connectivity index (χ3n) is 5.27. The highest BCUT2D eigenvalue weighted by Gasteiger charge is 2.25. The third kappa shape index (κ3) is 3.55. The van der Waals surface area contributed by atoms with Crippen molar-refractivity contribution in [3.8, 4) is 17.0 Å². The van der Waals surface area contributed by atoms with Crippen LogP contribution in [-0.4, -0.2) is 59.3 Å². The largest absolute Gasteiger partial charge is 0.506 e. The molecule has 0 aliphatic carbocycles. The summed E-state index contributed by atoms with van der Waals surface area (Å²) in [5.41, 5.74) is 1.32. The molecule has 3 N–H and O–H groups in total. The minimum atomic E-state index is -1.44. The fraction of sp³-hybridized carbons (Fsp3) is 0.400. The van der Waals surface area contributed by atoms with Crippen molar-refractivity contribution < 1.29 is 15.0 Å². The van der Waals surface area contributed by atoms with Gasteiger partial charge in [-0.1, -0.05) is 19.1 Å². The zero-order valence-corrected chi connectivity index (χ0v) is 15.8. The molecule has 2 aromatic rings. The van der Waals surface area contributed by atoms with Gasteiger partial charge in [-0.25, -0.2) is 4.79 Å². The number of H-pyrrole nitrogens is 1. The van der Waals surface area contributed by atoms with Crippen LogP contribution in [0.25, 0.3) is 11.3 Å². The van der Waals surface area contributed by atoms with Crippen molar-refractivity contribution in [2.75, 3.05) is 32.1 Å². The molecular formula is C20H25N3O4. The zero-order chi connectivity index (χ0) is 19.7. The molecule has 144 valence electrons. The van der Waals surface area contributed by atoms with E-state index in [0.717, 1.165) is 30.8 Å². The lowest BCUT2D eigenvalue weighted by molar-refractivity contribution is 0.0691. The Labute approximate surface area is 157 Å². The molecule has 7 nitrogen and oxygen atoms in total. The number of carboxylic acids is 1. The van der Waals surface area contributed by atoms with E-state index in [1.54, 1.807) is 0 Å². The van der Waals surface area contributed by atoms with E-state index < -0.39 is 22.8 Å². The average molecular weight is 371 g/mol. The number of benzene rings is 1. The smallest absolute Gasteiger partial charge is 0.345 e. The second-order valence-corrected chi connectivity index (χ2v) is 7.09. The minimum Gasteiger partial charge on any atom is -0.506 e. The summed E-state index contributed by atoms with van der Waals surface area (Å²) >= 11 is 0. The van der Waals surface area contributed by atoms with Crippen LogP contribution >= 0.6 is 0 Å². The maximum Gasteiger partial charge on any atom is 0.345 e. The number of hydrogen-bond donors (Lipinski definition) is 3. The maximum atomic E-state index is 12.1. The van der Waals surface area contributed by atoms with Crippen molar-refractivity contribution in [3.63, 3.8) is 0 Å². The van der Waals surface area contributed by atoms with Gasteiger partial charge in [0.25, 0.3) is 5.56 Å². The molecule has 2 heterocycles. The Bertz CT molecular complexity index is 903. The normalized spacial score (nSPS) is 16.9. The van der Waals surface area contributed by atoms with Crippen molar-refractivity contribution in [3.05, 3.63) is 45.7 Å². The van der Waals surface area contributed by atoms with Gasteiger partial charge in [-0.3, -0.25) is 4.79 Å². The highest BCUT2D eigenvalue weighted by Crippen LogP contribution is 2.31. The Morgan fingerprint density at radius 3 is 2.48 bits per heavy atom. The number of carbonyl (C=O) groups is 1. The van der Waals surface area contributed by atoms with E-state index in [-0.39, 0.29) is 0 Å². The molecule has 3 rings (SSSR count). The summed E-state index contributed by atoms with van der Waals surface area (Å²) in [6.45, 7) is 3.77. The number of aromatic nitrogens is 1. The molecule has 1 unspecified atom stereocenters. The Kier molecular flexibility index (Phi) is 5.23. The Morgan fingerprint density at radius 2 is 1.96 bits per heavy atom. The van der Waals surface area contributed by atoms with Crippen molar-refractivity contribution in [1.82, 2.24) is 9.88 Å². The van der Waals surface area contributed by atoms with Gasteiger partial charge in [0, 0.05) is 30.4 Å². The highest BCUT2D eigenvalue weighted by atomic mass is 16.4. The number of aromatic carboxylic acids is 1. The van der Waals surface area contributed by atoms with Gasteiger partial charge >= 0.3 is 5.97 Å². The van der Waals surface area contributed by atoms with Crippen LogP contribution in [0.15, 0.2) is 29.1 Å². The van der Waals surface area contributed by atoms with Gasteiger partial charge in [-0.15, -0.1) is 0 Å². The van der Waals surface area contributed by atoms with E-state index in [1.807, 2.05) is 31.2 Å². The minimum absolute atomic E-state index is 0.399. The number of nitrogens with zero attached hydrogens (tertiary/aromatic N) is 2. The molecule has 0 amide bonds. The van der Waals surface area contributed by atoms with Crippen LogP contribution in [0.3, 0.4) is 0 Å². The first-order valence-electron chi connectivity index (χ1n) is 9.06. The fourth-order valence-electron chi connectivity index (χ4n) is 3.65. The molecule has 1 aromatic carbocycles. The lowest BCUT2D eigenvalue weighted by atomic mass is 10.0. The van der Waals surface area contributed by atoms with Crippen molar-refractivity contribution in [2.45, 2.75) is 25.8 Å². The van der Waals surface area contributed by atoms with Crippen LogP contribution < -0.4 is 10.5 Å². The summed E-state index contributed by atoms with van der Waals surface area (Å²) < 4.78 is 0. The molecule has 1 aromatic heterocycles. The molecular weight excluding hydrogens is 346 g/mol. The van der Waals surface area contributed by atoms with E-state index in [9.17, 15) is 14.7 Å². The Balaban J connectivity index is 1.94. The summed E-state index contributed by atoms with van der Waals surface area (Å²) in [4.78, 5) is 30.5. The predicted octanol–water partition coefficient (Wildman–Crippen LogP) is 2.15. The standard InChI is InChI=1S/C20H25N3O4/c1-4-15-17(21-19(25)16(18(15)24)20(26)27)12-5-7-13(8-6-12)23-10-9-14(11-23)22(2)3/h5-8,14H,4,9-11H2,1-3H3,(H,26,27)(H2,21,24,25). The molecule has 1 aliphatic rings. The quantitative estimate of drug-likeness (QED) is 0.745. The second kappa shape index (κ2) is 7.44. The van der Waals surface area contributed by atoms with E-state index in [1.165, 1.54) is 0 Å². The van der Waals surface area contributed by atoms with Crippen LogP contribution in [0.2, 0.25) is 0 Å². The molecule has 0 saturated carbocycles. The zero-order valence-electron chi connectivity index (χ0n) is 15.8. The molecule has 0 radical (unpaired) electrons. The van der Waals surface area contributed by atoms with Crippen LogP contribution in [-0.2, 0) is 6.42 Å². The van der Waals surface area contributed by atoms with Crippen LogP contribution in [0.1, 0.15) is 29.3 Å². The molecule has 1 atom stereocenters. The van der Waals surface area contributed by atoms with Gasteiger partial charge in [0.1, 0.15) is 5.75 Å². The fourth-order valence-corrected chi connectivity index (χ4v) is 3.65. The van der Waals surface area contributed by atoms with Crippen LogP contribution in [0.4, 0.5) is 5.69 Å². The average Bonchev–Trinajstić information content (AvgIpc) is 3.11. The van der Waals surface area contributed by atoms with E-state index in [0.29, 0.717) is 23.7 Å². The molecule has 1 aliphatic heterocycles. The van der Waals surface area contributed by atoms with Crippen molar-refractivity contribution >= 4 is 11.7 Å². The van der Waals surface area contributed by atoms with Gasteiger partial charge < -0.3 is 25.0 Å². The summed E-state index contributed by atoms with van der Waals surface area (Å²) in [7, 11) is 4.18. The lowest BCUT2D eigenvalue weighted by Crippen LogP contribution is -2.31. The monoisotopic (exact) mass is 371 g/mol. The molecule has 27 heavy (non-hydrogen) atoms. The van der Waals surface area contributed by atoms with Crippen LogP contribution in [0.5, 0.6) is 5.75 Å². The maximum absolute atomic E-state index is 12.1. The number of pyridine rings is 1. The van der Waals surface area contributed by atoms with E-state index in [2.05, 4.69) is 28.9 Å². The topological polar surface area (TPSA) is 96.9 Å². The Hall–Kier alpha value is -2.80. The number of rotatable bonds is 5. The number of aromatic amines is 1. The number of likely N-dealkylation sites (N-methyl/N-ethyl adjacent to an activating group) is 1. The van der Waals surface area contributed by atoms with Crippen molar-refractivity contribution in [1.29, 1.82) is 0 Å². The number of hydrogen-bond acceptors (Lipinski definition) is 5. The number of carboxylic acid groups (broad SMARTS) is 1. The van der Waals surface area contributed by atoms with Gasteiger partial charge in [0.15, 0.2) is 5.56 Å². The van der Waals surface area contributed by atoms with Gasteiger partial charge in [-0.05, 0) is 44.6 Å². The predicted molar refractivity (Wildman–Crippen MR) is 105 cm³/mol. The summed E-state index contributed by atoms with van der Waals surface area (Å²) in [5, 5.41) is 19.4. The van der Waals surface area contributed by atoms with Gasteiger partial charge in [0.2, 0.25) is 0 Å². The second-order valence-electron chi connectivity index (χ2n) is 7.09. The Morgan fingerprint density at radius 1 is 1.30 bits per heavy atom. The molecule has 1 fully saturated rings. The summed E-state index contributed by atoms with van der Waals surface area (Å²) in [6.07, 6.45) is 1.52. The first-order chi connectivity index (χ1) is 12.8. The van der Waals surface area contributed by atoms with E-state index in [4.69, 9.17) is 5.11 Å². The first kappa shape index (κ1) is 19.0. The van der Waals surface area contributed by atoms with E-state index >= 15 is 0 Å². The van der Waals surface area contributed by atoms with Crippen molar-refractivity contribution in [2.24, 2.45) is 0 Å². The van der Waals surface area contributed by atoms with Gasteiger partial charge in [0.05, 0.1) is 5.69 Å². The number of nitrogens with one attached hydrogen (secondary N) is 1. The lowest BCUT2D eigenvalue weighted by Gasteiger charge is -2.22. The SMILES string of the molecule is CCc1c(-c2ccc(N3CCC(N(C)C)C3)cc2)[nH]c(=O)c(C(=O)O)c1O. The molecule has 1 saturated heterocycles. The van der Waals surface area contributed by atoms with Gasteiger partial charge in [-0.2, -0.15) is 0 Å². The summed E-state index contributed by atoms with van der Waals surface area (Å²) in [5.74, 6) is -1.89. The molecule has 7 heteroatoms. The highest BCUT2D eigenvalue weighted by molar-refractivity contribution is 5.92.